The fraction of sp³-hybridized carbons (Fsp3) is 1.00. The third-order valence-corrected chi connectivity index (χ3v) is 2.72. The summed E-state index contributed by atoms with van der Waals surface area (Å²) in [7, 11) is 0. The lowest BCUT2D eigenvalue weighted by molar-refractivity contribution is -0.0110. The van der Waals surface area contributed by atoms with Crippen LogP contribution in [-0.2, 0) is 4.74 Å². The van der Waals surface area contributed by atoms with Crippen LogP contribution in [0.5, 0.6) is 0 Å². The van der Waals surface area contributed by atoms with E-state index in [1.807, 2.05) is 13.8 Å². The van der Waals surface area contributed by atoms with Crippen LogP contribution < -0.4 is 5.73 Å². The first-order chi connectivity index (χ1) is 7.08. The van der Waals surface area contributed by atoms with Crippen LogP contribution in [0.15, 0.2) is 0 Å². The van der Waals surface area contributed by atoms with Crippen molar-refractivity contribution in [2.75, 3.05) is 26.2 Å². The number of β-amino-alcohol motifs (C(OH)–C–C–N with tert-alkyl or cyclic N) is 1. The summed E-state index contributed by atoms with van der Waals surface area (Å²) in [4.78, 5) is 2.26. The summed E-state index contributed by atoms with van der Waals surface area (Å²) in [5, 5.41) is 9.72. The largest absolute Gasteiger partial charge is 0.389 e. The third kappa shape index (κ3) is 5.47. The van der Waals surface area contributed by atoms with Gasteiger partial charge < -0.3 is 20.5 Å². The smallest absolute Gasteiger partial charge is 0.0900 e. The molecule has 1 heterocycles. The van der Waals surface area contributed by atoms with Crippen LogP contribution in [-0.4, -0.2) is 54.5 Å². The molecule has 1 aliphatic rings. The molecule has 0 aromatic rings. The van der Waals surface area contributed by atoms with Crippen molar-refractivity contribution in [2.45, 2.75) is 44.9 Å². The number of aliphatic hydroxyl groups excluding tert-OH is 1. The highest BCUT2D eigenvalue weighted by atomic mass is 16.5. The van der Waals surface area contributed by atoms with Crippen molar-refractivity contribution in [1.82, 2.24) is 4.90 Å². The second-order valence-electron chi connectivity index (χ2n) is 4.67. The van der Waals surface area contributed by atoms with E-state index in [-0.39, 0.29) is 12.2 Å². The Balaban J connectivity index is 2.12. The van der Waals surface area contributed by atoms with Gasteiger partial charge in [0.15, 0.2) is 0 Å². The van der Waals surface area contributed by atoms with Gasteiger partial charge in [-0.15, -0.1) is 0 Å². The van der Waals surface area contributed by atoms with Crippen molar-refractivity contribution in [3.05, 3.63) is 0 Å². The van der Waals surface area contributed by atoms with Gasteiger partial charge in [-0.1, -0.05) is 0 Å². The molecule has 1 rings (SSSR count). The zero-order valence-corrected chi connectivity index (χ0v) is 9.85. The Hall–Kier alpha value is -0.160. The second-order valence-corrected chi connectivity index (χ2v) is 4.67. The number of nitrogens with zero attached hydrogens (tertiary/aromatic N) is 1. The van der Waals surface area contributed by atoms with E-state index in [0.717, 1.165) is 25.9 Å². The first-order valence-corrected chi connectivity index (χ1v) is 5.85. The van der Waals surface area contributed by atoms with E-state index in [9.17, 15) is 5.11 Å². The van der Waals surface area contributed by atoms with Gasteiger partial charge in [0.05, 0.1) is 18.8 Å². The number of nitrogens with two attached hydrogens (primary N) is 1. The number of hydrogen-bond donors (Lipinski definition) is 2. The molecular weight excluding hydrogens is 192 g/mol. The average molecular weight is 216 g/mol. The molecule has 0 bridgehead atoms. The zero-order chi connectivity index (χ0) is 11.3. The number of rotatable bonds is 5. The molecule has 1 aliphatic heterocycles. The van der Waals surface area contributed by atoms with Gasteiger partial charge in [0.2, 0.25) is 0 Å². The van der Waals surface area contributed by atoms with Gasteiger partial charge in [-0.3, -0.25) is 0 Å². The highest BCUT2D eigenvalue weighted by Crippen LogP contribution is 2.08. The van der Waals surface area contributed by atoms with Gasteiger partial charge in [-0.2, -0.15) is 0 Å². The van der Waals surface area contributed by atoms with Gasteiger partial charge in [0, 0.05) is 12.6 Å². The lowest BCUT2D eigenvalue weighted by atomic mass is 10.1. The number of hydrogen-bond acceptors (Lipinski definition) is 4. The van der Waals surface area contributed by atoms with Crippen molar-refractivity contribution in [1.29, 1.82) is 0 Å². The third-order valence-electron chi connectivity index (χ3n) is 2.72. The molecular formula is C11H24N2O2. The van der Waals surface area contributed by atoms with Crippen molar-refractivity contribution in [2.24, 2.45) is 5.73 Å². The normalized spacial score (nSPS) is 22.2. The molecule has 1 atom stereocenters. The lowest BCUT2D eigenvalue weighted by Gasteiger charge is -2.31. The highest BCUT2D eigenvalue weighted by Gasteiger charge is 2.18. The van der Waals surface area contributed by atoms with Crippen LogP contribution >= 0.6 is 0 Å². The SMILES string of the molecule is CC(C)OCC(O)CN1CCC(N)CC1. The van der Waals surface area contributed by atoms with Crippen LogP contribution in [0.25, 0.3) is 0 Å². The Kier molecular flexibility index (Phi) is 5.53. The van der Waals surface area contributed by atoms with Crippen LogP contribution in [0.3, 0.4) is 0 Å². The Labute approximate surface area is 92.4 Å². The molecule has 0 aromatic heterocycles. The fourth-order valence-electron chi connectivity index (χ4n) is 1.79. The van der Waals surface area contributed by atoms with Gasteiger partial charge in [0.25, 0.3) is 0 Å². The maximum absolute atomic E-state index is 9.72. The molecule has 15 heavy (non-hydrogen) atoms. The van der Waals surface area contributed by atoms with Crippen LogP contribution in [0.2, 0.25) is 0 Å². The summed E-state index contributed by atoms with van der Waals surface area (Å²) in [5.74, 6) is 0. The zero-order valence-electron chi connectivity index (χ0n) is 9.85. The quantitative estimate of drug-likeness (QED) is 0.689. The summed E-state index contributed by atoms with van der Waals surface area (Å²) in [5.41, 5.74) is 5.81. The summed E-state index contributed by atoms with van der Waals surface area (Å²) >= 11 is 0. The Bertz CT molecular complexity index is 168. The molecule has 0 aliphatic carbocycles. The molecule has 4 heteroatoms. The van der Waals surface area contributed by atoms with E-state index in [1.165, 1.54) is 0 Å². The van der Waals surface area contributed by atoms with Crippen molar-refractivity contribution in [3.63, 3.8) is 0 Å². The molecule has 0 spiro atoms. The number of ether oxygens (including phenoxy) is 1. The standard InChI is InChI=1S/C11H24N2O2/c1-9(2)15-8-11(14)7-13-5-3-10(12)4-6-13/h9-11,14H,3-8,12H2,1-2H3. The first kappa shape index (κ1) is 12.9. The van der Waals surface area contributed by atoms with E-state index in [4.69, 9.17) is 10.5 Å². The van der Waals surface area contributed by atoms with Crippen LogP contribution in [0, 0.1) is 0 Å². The molecule has 0 saturated carbocycles. The molecule has 3 N–H and O–H groups in total. The minimum atomic E-state index is -0.373. The number of likely N-dealkylation sites (tertiary alicyclic amines) is 1. The Morgan fingerprint density at radius 1 is 1.40 bits per heavy atom. The molecule has 90 valence electrons. The van der Waals surface area contributed by atoms with E-state index in [0.29, 0.717) is 19.2 Å². The molecule has 1 unspecified atom stereocenters. The van der Waals surface area contributed by atoms with E-state index in [1.54, 1.807) is 0 Å². The molecule has 0 amide bonds. The topological polar surface area (TPSA) is 58.7 Å². The minimum absolute atomic E-state index is 0.189. The van der Waals surface area contributed by atoms with Gasteiger partial charge in [-0.25, -0.2) is 0 Å². The van der Waals surface area contributed by atoms with Gasteiger partial charge >= 0.3 is 0 Å². The maximum atomic E-state index is 9.72. The average Bonchev–Trinajstić information content (AvgIpc) is 2.19. The predicted molar refractivity (Wildman–Crippen MR) is 60.7 cm³/mol. The second kappa shape index (κ2) is 6.43. The minimum Gasteiger partial charge on any atom is -0.389 e. The van der Waals surface area contributed by atoms with E-state index in [2.05, 4.69) is 4.90 Å². The van der Waals surface area contributed by atoms with Crippen molar-refractivity contribution in [3.8, 4) is 0 Å². The summed E-state index contributed by atoms with van der Waals surface area (Å²) < 4.78 is 5.36. The number of aliphatic hydroxyl groups is 1. The first-order valence-electron chi connectivity index (χ1n) is 5.85. The fourth-order valence-corrected chi connectivity index (χ4v) is 1.79. The Morgan fingerprint density at radius 2 is 2.00 bits per heavy atom. The van der Waals surface area contributed by atoms with Crippen LogP contribution in [0.1, 0.15) is 26.7 Å². The molecule has 4 nitrogen and oxygen atoms in total. The Morgan fingerprint density at radius 3 is 2.53 bits per heavy atom. The number of piperidine rings is 1. The van der Waals surface area contributed by atoms with Crippen molar-refractivity contribution >= 4 is 0 Å². The van der Waals surface area contributed by atoms with Gasteiger partial charge in [-0.05, 0) is 39.8 Å². The highest BCUT2D eigenvalue weighted by molar-refractivity contribution is 4.75. The molecule has 0 radical (unpaired) electrons. The summed E-state index contributed by atoms with van der Waals surface area (Å²) in [6, 6.07) is 0.352. The van der Waals surface area contributed by atoms with E-state index >= 15 is 0 Å². The lowest BCUT2D eigenvalue weighted by Crippen LogP contribution is -2.43. The monoisotopic (exact) mass is 216 g/mol. The van der Waals surface area contributed by atoms with E-state index < -0.39 is 0 Å². The van der Waals surface area contributed by atoms with Crippen molar-refractivity contribution < 1.29 is 9.84 Å². The summed E-state index contributed by atoms with van der Waals surface area (Å²) in [6.45, 7) is 7.10. The summed E-state index contributed by atoms with van der Waals surface area (Å²) in [6.07, 6.45) is 1.89. The maximum Gasteiger partial charge on any atom is 0.0900 e. The predicted octanol–water partition coefficient (Wildman–Crippen LogP) is 0.195. The van der Waals surface area contributed by atoms with Gasteiger partial charge in [0.1, 0.15) is 0 Å². The van der Waals surface area contributed by atoms with Crippen LogP contribution in [0.4, 0.5) is 0 Å². The molecule has 1 fully saturated rings. The molecule has 1 saturated heterocycles. The molecule has 0 aromatic carbocycles.